The van der Waals surface area contributed by atoms with Gasteiger partial charge in [0, 0.05) is 18.2 Å². The summed E-state index contributed by atoms with van der Waals surface area (Å²) in [6, 6.07) is 1.88. The highest BCUT2D eigenvalue weighted by molar-refractivity contribution is 6.31. The Bertz CT molecular complexity index is 621. The Labute approximate surface area is 132 Å². The first-order chi connectivity index (χ1) is 10.2. The molecule has 0 unspecified atom stereocenters. The number of amides is 1. The lowest BCUT2D eigenvalue weighted by atomic mass is 10.0. The molecule has 120 valence electrons. The molecule has 0 atom stereocenters. The van der Waals surface area contributed by atoms with Crippen molar-refractivity contribution in [2.24, 2.45) is 0 Å². The summed E-state index contributed by atoms with van der Waals surface area (Å²) in [4.78, 5) is 24.4. The van der Waals surface area contributed by atoms with Crippen molar-refractivity contribution >= 4 is 23.2 Å². The fourth-order valence-electron chi connectivity index (χ4n) is 2.47. The van der Waals surface area contributed by atoms with Crippen LogP contribution in [0.3, 0.4) is 0 Å². The maximum absolute atomic E-state index is 13.6. The van der Waals surface area contributed by atoms with Gasteiger partial charge in [-0.25, -0.2) is 4.39 Å². The SMILES string of the molecule is CC1(C)COCCN1C(=O)Cc1cc(F)c(Cl)cc1[N+](=O)[O-]. The van der Waals surface area contributed by atoms with E-state index < -0.39 is 16.3 Å². The number of carbonyl (C=O) groups is 1. The van der Waals surface area contributed by atoms with E-state index in [9.17, 15) is 19.3 Å². The highest BCUT2D eigenvalue weighted by atomic mass is 35.5. The standard InChI is InChI=1S/C14H16ClFN2O4/c1-14(2)8-22-4-3-17(14)13(19)6-9-5-11(16)10(15)7-12(9)18(20)21/h5,7H,3-4,6,8H2,1-2H3. The van der Waals surface area contributed by atoms with Crippen molar-refractivity contribution < 1.29 is 18.8 Å². The van der Waals surface area contributed by atoms with Gasteiger partial charge in [-0.2, -0.15) is 0 Å². The van der Waals surface area contributed by atoms with Crippen LogP contribution in [-0.4, -0.2) is 41.0 Å². The Morgan fingerprint density at radius 2 is 2.23 bits per heavy atom. The maximum atomic E-state index is 13.6. The molecule has 1 heterocycles. The van der Waals surface area contributed by atoms with Crippen LogP contribution in [0.1, 0.15) is 19.4 Å². The van der Waals surface area contributed by atoms with Gasteiger partial charge < -0.3 is 9.64 Å². The van der Waals surface area contributed by atoms with E-state index in [1.165, 1.54) is 0 Å². The molecular weight excluding hydrogens is 315 g/mol. The summed E-state index contributed by atoms with van der Waals surface area (Å²) in [6.07, 6.45) is -0.256. The van der Waals surface area contributed by atoms with Gasteiger partial charge in [-0.1, -0.05) is 11.6 Å². The zero-order valence-electron chi connectivity index (χ0n) is 12.3. The van der Waals surface area contributed by atoms with Gasteiger partial charge in [0.25, 0.3) is 5.69 Å². The number of hydrogen-bond donors (Lipinski definition) is 0. The minimum atomic E-state index is -0.781. The van der Waals surface area contributed by atoms with E-state index in [2.05, 4.69) is 0 Å². The van der Waals surface area contributed by atoms with Crippen LogP contribution in [0.5, 0.6) is 0 Å². The van der Waals surface area contributed by atoms with E-state index in [-0.39, 0.29) is 28.6 Å². The average molecular weight is 331 g/mol. The van der Waals surface area contributed by atoms with Crippen LogP contribution in [0.15, 0.2) is 12.1 Å². The van der Waals surface area contributed by atoms with Crippen molar-refractivity contribution in [3.8, 4) is 0 Å². The van der Waals surface area contributed by atoms with Gasteiger partial charge in [-0.05, 0) is 19.9 Å². The highest BCUT2D eigenvalue weighted by Gasteiger charge is 2.34. The third-order valence-corrected chi connectivity index (χ3v) is 3.90. The number of nitrogens with zero attached hydrogens (tertiary/aromatic N) is 2. The van der Waals surface area contributed by atoms with Crippen LogP contribution >= 0.6 is 11.6 Å². The third kappa shape index (κ3) is 3.36. The zero-order valence-corrected chi connectivity index (χ0v) is 13.0. The number of benzene rings is 1. The van der Waals surface area contributed by atoms with E-state index in [1.807, 2.05) is 13.8 Å². The predicted molar refractivity (Wildman–Crippen MR) is 78.4 cm³/mol. The second kappa shape index (κ2) is 6.18. The van der Waals surface area contributed by atoms with Gasteiger partial charge in [-0.15, -0.1) is 0 Å². The summed E-state index contributed by atoms with van der Waals surface area (Å²) in [5.41, 5.74) is -0.847. The molecule has 0 radical (unpaired) electrons. The topological polar surface area (TPSA) is 72.7 Å². The minimum Gasteiger partial charge on any atom is -0.377 e. The maximum Gasteiger partial charge on any atom is 0.274 e. The molecule has 0 aromatic heterocycles. The van der Waals surface area contributed by atoms with E-state index in [1.54, 1.807) is 4.90 Å². The number of hydrogen-bond acceptors (Lipinski definition) is 4. The summed E-state index contributed by atoms with van der Waals surface area (Å²) < 4.78 is 18.9. The van der Waals surface area contributed by atoms with E-state index in [4.69, 9.17) is 16.3 Å². The number of carbonyl (C=O) groups excluding carboxylic acids is 1. The van der Waals surface area contributed by atoms with Crippen LogP contribution in [0.25, 0.3) is 0 Å². The van der Waals surface area contributed by atoms with Crippen LogP contribution in [-0.2, 0) is 16.0 Å². The molecule has 1 saturated heterocycles. The monoisotopic (exact) mass is 330 g/mol. The molecule has 8 heteroatoms. The molecule has 2 rings (SSSR count). The molecular formula is C14H16ClFN2O4. The van der Waals surface area contributed by atoms with Gasteiger partial charge in [-0.3, -0.25) is 14.9 Å². The number of halogens is 2. The van der Waals surface area contributed by atoms with Gasteiger partial charge in [0.2, 0.25) is 5.91 Å². The number of nitro benzene ring substituents is 1. The van der Waals surface area contributed by atoms with Crippen molar-refractivity contribution in [2.45, 2.75) is 25.8 Å². The molecule has 1 aromatic rings. The number of morpholine rings is 1. The third-order valence-electron chi connectivity index (χ3n) is 3.61. The van der Waals surface area contributed by atoms with E-state index >= 15 is 0 Å². The molecule has 0 spiro atoms. The van der Waals surface area contributed by atoms with Crippen molar-refractivity contribution in [1.29, 1.82) is 0 Å². The van der Waals surface area contributed by atoms with Crippen molar-refractivity contribution in [3.05, 3.63) is 38.7 Å². The molecule has 0 aliphatic carbocycles. The van der Waals surface area contributed by atoms with E-state index in [0.717, 1.165) is 12.1 Å². The average Bonchev–Trinajstić information content (AvgIpc) is 2.41. The molecule has 1 aliphatic heterocycles. The Morgan fingerprint density at radius 1 is 1.55 bits per heavy atom. The lowest BCUT2D eigenvalue weighted by Crippen LogP contribution is -2.55. The summed E-state index contributed by atoms with van der Waals surface area (Å²) in [6.45, 7) is 4.89. The van der Waals surface area contributed by atoms with Crippen LogP contribution in [0.4, 0.5) is 10.1 Å². The minimum absolute atomic E-state index is 0.0131. The summed E-state index contributed by atoms with van der Waals surface area (Å²) in [7, 11) is 0. The van der Waals surface area contributed by atoms with Crippen molar-refractivity contribution in [1.82, 2.24) is 4.90 Å². The Hall–Kier alpha value is -1.73. The summed E-state index contributed by atoms with van der Waals surface area (Å²) >= 11 is 5.57. The number of rotatable bonds is 3. The molecule has 1 aliphatic rings. The van der Waals surface area contributed by atoms with Crippen molar-refractivity contribution in [3.63, 3.8) is 0 Å². The van der Waals surface area contributed by atoms with Crippen molar-refractivity contribution in [2.75, 3.05) is 19.8 Å². The largest absolute Gasteiger partial charge is 0.377 e. The Balaban J connectivity index is 2.28. The van der Waals surface area contributed by atoms with E-state index in [0.29, 0.717) is 19.8 Å². The van der Waals surface area contributed by atoms with Crippen LogP contribution in [0, 0.1) is 15.9 Å². The molecule has 0 N–H and O–H groups in total. The fourth-order valence-corrected chi connectivity index (χ4v) is 2.63. The van der Waals surface area contributed by atoms with Gasteiger partial charge in [0.15, 0.2) is 0 Å². The van der Waals surface area contributed by atoms with Crippen LogP contribution in [0.2, 0.25) is 5.02 Å². The molecule has 1 amide bonds. The van der Waals surface area contributed by atoms with Crippen LogP contribution < -0.4 is 0 Å². The zero-order chi connectivity index (χ0) is 16.5. The number of ether oxygens (including phenoxy) is 1. The van der Waals surface area contributed by atoms with Gasteiger partial charge >= 0.3 is 0 Å². The molecule has 1 aromatic carbocycles. The first-order valence-electron chi connectivity index (χ1n) is 6.73. The smallest absolute Gasteiger partial charge is 0.274 e. The molecule has 22 heavy (non-hydrogen) atoms. The molecule has 6 nitrogen and oxygen atoms in total. The molecule has 0 bridgehead atoms. The quantitative estimate of drug-likeness (QED) is 0.630. The first kappa shape index (κ1) is 16.6. The van der Waals surface area contributed by atoms with Gasteiger partial charge in [0.1, 0.15) is 5.82 Å². The second-order valence-electron chi connectivity index (χ2n) is 5.74. The second-order valence-corrected chi connectivity index (χ2v) is 6.15. The Kier molecular flexibility index (Phi) is 4.67. The van der Waals surface area contributed by atoms with Gasteiger partial charge in [0.05, 0.1) is 35.1 Å². The summed E-state index contributed by atoms with van der Waals surface area (Å²) in [5, 5.41) is 10.7. The normalized spacial score (nSPS) is 17.4. The molecule has 1 fully saturated rings. The Morgan fingerprint density at radius 3 is 2.82 bits per heavy atom. The number of nitro groups is 1. The first-order valence-corrected chi connectivity index (χ1v) is 7.10. The predicted octanol–water partition coefficient (Wildman–Crippen LogP) is 2.57. The lowest BCUT2D eigenvalue weighted by Gasteiger charge is -2.42. The fraction of sp³-hybridized carbons (Fsp3) is 0.500. The summed E-state index contributed by atoms with van der Waals surface area (Å²) in [5.74, 6) is -1.09. The molecule has 0 saturated carbocycles. The highest BCUT2D eigenvalue weighted by Crippen LogP contribution is 2.28. The lowest BCUT2D eigenvalue weighted by molar-refractivity contribution is -0.385.